The number of carbonyl (C=O) groups excluding carboxylic acids is 1. The van der Waals surface area contributed by atoms with Crippen LogP contribution >= 0.6 is 0 Å². The summed E-state index contributed by atoms with van der Waals surface area (Å²) in [6.45, 7) is 3.07. The number of aromatic nitrogens is 1. The van der Waals surface area contributed by atoms with Crippen molar-refractivity contribution in [2.75, 3.05) is 18.5 Å². The minimum absolute atomic E-state index is 0.151. The highest BCUT2D eigenvalue weighted by Gasteiger charge is 2.13. The van der Waals surface area contributed by atoms with E-state index in [1.807, 2.05) is 43.3 Å². The smallest absolute Gasteiger partial charge is 0.255 e. The van der Waals surface area contributed by atoms with E-state index in [9.17, 15) is 4.79 Å². The first-order valence-corrected chi connectivity index (χ1v) is 7.49. The second kappa shape index (κ2) is 5.35. The van der Waals surface area contributed by atoms with Crippen LogP contribution in [0.25, 0.3) is 10.9 Å². The Kier molecular flexibility index (Phi) is 3.19. The molecule has 0 bridgehead atoms. The average Bonchev–Trinajstić information content (AvgIpc) is 2.93. The maximum absolute atomic E-state index is 12.4. The molecule has 0 fully saturated rings. The topological polar surface area (TPSA) is 63.4 Å². The van der Waals surface area contributed by atoms with Crippen LogP contribution in [0.2, 0.25) is 0 Å². The molecule has 5 nitrogen and oxygen atoms in total. The van der Waals surface area contributed by atoms with Gasteiger partial charge < -0.3 is 19.8 Å². The summed E-state index contributed by atoms with van der Waals surface area (Å²) in [6, 6.07) is 13.0. The molecule has 0 aliphatic carbocycles. The monoisotopic (exact) mass is 308 g/mol. The van der Waals surface area contributed by atoms with E-state index < -0.39 is 0 Å². The van der Waals surface area contributed by atoms with Crippen molar-refractivity contribution < 1.29 is 14.3 Å². The van der Waals surface area contributed by atoms with E-state index in [-0.39, 0.29) is 5.91 Å². The Hall–Kier alpha value is -2.95. The van der Waals surface area contributed by atoms with Gasteiger partial charge in [-0.1, -0.05) is 0 Å². The zero-order valence-electron chi connectivity index (χ0n) is 12.7. The summed E-state index contributed by atoms with van der Waals surface area (Å²) in [7, 11) is 0. The fourth-order valence-corrected chi connectivity index (χ4v) is 2.74. The van der Waals surface area contributed by atoms with Crippen LogP contribution in [0, 0.1) is 6.92 Å². The van der Waals surface area contributed by atoms with Crippen molar-refractivity contribution in [3.63, 3.8) is 0 Å². The van der Waals surface area contributed by atoms with Crippen molar-refractivity contribution in [1.82, 2.24) is 4.98 Å². The lowest BCUT2D eigenvalue weighted by Gasteiger charge is -2.19. The van der Waals surface area contributed by atoms with Gasteiger partial charge in [0.25, 0.3) is 5.91 Å². The van der Waals surface area contributed by atoms with Crippen LogP contribution in [-0.2, 0) is 0 Å². The molecule has 2 N–H and O–H groups in total. The summed E-state index contributed by atoms with van der Waals surface area (Å²) in [6.07, 6.45) is 0. The Morgan fingerprint density at radius 1 is 1.04 bits per heavy atom. The molecule has 1 aliphatic heterocycles. The average molecular weight is 308 g/mol. The second-order valence-electron chi connectivity index (χ2n) is 5.57. The van der Waals surface area contributed by atoms with E-state index in [2.05, 4.69) is 10.3 Å². The van der Waals surface area contributed by atoms with E-state index in [4.69, 9.17) is 9.47 Å². The normalized spacial score (nSPS) is 13.1. The largest absolute Gasteiger partial charge is 0.486 e. The predicted molar refractivity (Wildman–Crippen MR) is 88.4 cm³/mol. The summed E-state index contributed by atoms with van der Waals surface area (Å²) < 4.78 is 11.0. The molecular weight excluding hydrogens is 292 g/mol. The van der Waals surface area contributed by atoms with Gasteiger partial charge in [-0.25, -0.2) is 0 Å². The maximum Gasteiger partial charge on any atom is 0.255 e. The first-order valence-electron chi connectivity index (χ1n) is 7.49. The van der Waals surface area contributed by atoms with Gasteiger partial charge >= 0.3 is 0 Å². The number of hydrogen-bond donors (Lipinski definition) is 2. The van der Waals surface area contributed by atoms with Crippen LogP contribution in [0.3, 0.4) is 0 Å². The van der Waals surface area contributed by atoms with E-state index in [0.717, 1.165) is 16.6 Å². The number of H-pyrrole nitrogens is 1. The lowest BCUT2D eigenvalue weighted by Crippen LogP contribution is -2.16. The summed E-state index contributed by atoms with van der Waals surface area (Å²) in [5.74, 6) is 1.21. The van der Waals surface area contributed by atoms with Crippen LogP contribution in [-0.4, -0.2) is 24.1 Å². The van der Waals surface area contributed by atoms with Gasteiger partial charge in [0.05, 0.1) is 0 Å². The number of hydrogen-bond acceptors (Lipinski definition) is 3. The molecule has 0 atom stereocenters. The van der Waals surface area contributed by atoms with Crippen molar-refractivity contribution in [3.8, 4) is 11.5 Å². The molecule has 1 amide bonds. The van der Waals surface area contributed by atoms with Crippen molar-refractivity contribution >= 4 is 22.5 Å². The molecule has 4 rings (SSSR count). The van der Waals surface area contributed by atoms with Gasteiger partial charge in [-0.05, 0) is 43.3 Å². The van der Waals surface area contributed by atoms with Gasteiger partial charge in [-0.15, -0.1) is 0 Å². The Balaban J connectivity index is 1.58. The second-order valence-corrected chi connectivity index (χ2v) is 5.57. The minimum Gasteiger partial charge on any atom is -0.486 e. The van der Waals surface area contributed by atoms with Crippen molar-refractivity contribution in [3.05, 3.63) is 53.7 Å². The number of aromatic amines is 1. The molecule has 23 heavy (non-hydrogen) atoms. The number of rotatable bonds is 2. The maximum atomic E-state index is 12.4. The molecule has 1 aromatic heterocycles. The third-order valence-electron chi connectivity index (χ3n) is 3.82. The number of anilines is 1. The minimum atomic E-state index is -0.151. The number of ether oxygens (including phenoxy) is 2. The van der Waals surface area contributed by atoms with E-state index >= 15 is 0 Å². The molecule has 5 heteroatoms. The highest BCUT2D eigenvalue weighted by Crippen LogP contribution is 2.32. The fourth-order valence-electron chi connectivity index (χ4n) is 2.74. The molecule has 0 spiro atoms. The number of fused-ring (bicyclic) bond motifs is 2. The van der Waals surface area contributed by atoms with Crippen LogP contribution in [0.4, 0.5) is 5.69 Å². The Morgan fingerprint density at radius 3 is 2.74 bits per heavy atom. The van der Waals surface area contributed by atoms with Gasteiger partial charge in [-0.2, -0.15) is 0 Å². The van der Waals surface area contributed by atoms with Gasteiger partial charge in [0.2, 0.25) is 0 Å². The molecular formula is C18H16N2O3. The lowest BCUT2D eigenvalue weighted by molar-refractivity contribution is 0.102. The number of aryl methyl sites for hydroxylation is 1. The van der Waals surface area contributed by atoms with E-state index in [1.54, 1.807) is 6.07 Å². The van der Waals surface area contributed by atoms with Crippen LogP contribution in [0.5, 0.6) is 11.5 Å². The number of benzene rings is 2. The van der Waals surface area contributed by atoms with Gasteiger partial charge in [0.15, 0.2) is 11.5 Å². The summed E-state index contributed by atoms with van der Waals surface area (Å²) >= 11 is 0. The summed E-state index contributed by atoms with van der Waals surface area (Å²) in [5, 5.41) is 3.92. The zero-order valence-corrected chi connectivity index (χ0v) is 12.7. The zero-order chi connectivity index (χ0) is 15.8. The summed E-state index contributed by atoms with van der Waals surface area (Å²) in [4.78, 5) is 15.7. The molecule has 0 saturated carbocycles. The van der Waals surface area contributed by atoms with Crippen molar-refractivity contribution in [2.24, 2.45) is 0 Å². The molecule has 0 radical (unpaired) electrons. The predicted octanol–water partition coefficient (Wildman–Crippen LogP) is 3.50. The van der Waals surface area contributed by atoms with Crippen molar-refractivity contribution in [2.45, 2.75) is 6.92 Å². The highest BCUT2D eigenvalue weighted by molar-refractivity contribution is 6.06. The van der Waals surface area contributed by atoms with Gasteiger partial charge in [-0.3, -0.25) is 4.79 Å². The molecule has 0 saturated heterocycles. The van der Waals surface area contributed by atoms with Crippen LogP contribution in [0.15, 0.2) is 42.5 Å². The van der Waals surface area contributed by atoms with Gasteiger partial charge in [0, 0.05) is 33.9 Å². The molecule has 2 aromatic carbocycles. The Labute approximate surface area is 133 Å². The third-order valence-corrected chi connectivity index (χ3v) is 3.82. The molecule has 1 aliphatic rings. The van der Waals surface area contributed by atoms with E-state index in [0.29, 0.717) is 36.0 Å². The van der Waals surface area contributed by atoms with Crippen LogP contribution < -0.4 is 14.8 Å². The number of carbonyl (C=O) groups is 1. The number of nitrogens with one attached hydrogen (secondary N) is 2. The quantitative estimate of drug-likeness (QED) is 0.761. The van der Waals surface area contributed by atoms with Gasteiger partial charge in [0.1, 0.15) is 13.2 Å². The Morgan fingerprint density at radius 2 is 1.87 bits per heavy atom. The first-order chi connectivity index (χ1) is 11.2. The third kappa shape index (κ3) is 2.61. The number of amides is 1. The molecule has 0 unspecified atom stereocenters. The standard InChI is InChI=1S/C18H16N2O3/c1-11-8-13-9-12(2-4-15(13)19-11)18(21)20-14-3-5-16-17(10-14)23-7-6-22-16/h2-5,8-10,19H,6-7H2,1H3,(H,20,21). The van der Waals surface area contributed by atoms with Crippen molar-refractivity contribution in [1.29, 1.82) is 0 Å². The molecule has 2 heterocycles. The SMILES string of the molecule is Cc1cc2cc(C(=O)Nc3ccc4c(c3)OCCO4)ccc2[nH]1. The van der Waals surface area contributed by atoms with E-state index in [1.165, 1.54) is 0 Å². The van der Waals surface area contributed by atoms with Crippen LogP contribution in [0.1, 0.15) is 16.1 Å². The lowest BCUT2D eigenvalue weighted by atomic mass is 10.1. The first kappa shape index (κ1) is 13.7. The highest BCUT2D eigenvalue weighted by atomic mass is 16.6. The molecule has 116 valence electrons. The summed E-state index contributed by atoms with van der Waals surface area (Å²) in [5.41, 5.74) is 3.40. The fraction of sp³-hybridized carbons (Fsp3) is 0.167. The Bertz CT molecular complexity index is 898. The molecule has 3 aromatic rings.